The van der Waals surface area contributed by atoms with Crippen LogP contribution < -0.4 is 5.32 Å². The maximum absolute atomic E-state index is 4.73. The van der Waals surface area contributed by atoms with Gasteiger partial charge in [-0.1, -0.05) is 13.8 Å². The third kappa shape index (κ3) is 3.82. The van der Waals surface area contributed by atoms with Gasteiger partial charge in [-0.25, -0.2) is 0 Å². The van der Waals surface area contributed by atoms with E-state index in [4.69, 9.17) is 5.10 Å². The van der Waals surface area contributed by atoms with Crippen molar-refractivity contribution >= 4 is 0 Å². The Balaban J connectivity index is 1.79. The van der Waals surface area contributed by atoms with Gasteiger partial charge in [0.2, 0.25) is 0 Å². The minimum atomic E-state index is 0.525. The zero-order chi connectivity index (χ0) is 13.7. The van der Waals surface area contributed by atoms with Crippen molar-refractivity contribution in [3.63, 3.8) is 0 Å². The Kier molecular flexibility index (Phi) is 5.44. The lowest BCUT2D eigenvalue weighted by Crippen LogP contribution is -2.36. The summed E-state index contributed by atoms with van der Waals surface area (Å²) < 4.78 is 2.12. The largest absolute Gasteiger partial charge is 0.316 e. The van der Waals surface area contributed by atoms with E-state index in [1.54, 1.807) is 0 Å². The molecule has 0 radical (unpaired) electrons. The summed E-state index contributed by atoms with van der Waals surface area (Å²) in [5, 5.41) is 8.29. The minimum absolute atomic E-state index is 0.525. The molecule has 3 unspecified atom stereocenters. The molecule has 3 nitrogen and oxygen atoms in total. The van der Waals surface area contributed by atoms with Crippen molar-refractivity contribution in [2.24, 2.45) is 11.8 Å². The molecule has 0 bridgehead atoms. The lowest BCUT2D eigenvalue weighted by atomic mass is 9.71. The van der Waals surface area contributed by atoms with Crippen molar-refractivity contribution in [1.29, 1.82) is 0 Å². The van der Waals surface area contributed by atoms with Crippen LogP contribution in [0.15, 0.2) is 12.3 Å². The van der Waals surface area contributed by atoms with Crippen LogP contribution in [0.1, 0.15) is 58.2 Å². The first kappa shape index (κ1) is 14.6. The molecule has 0 aromatic carbocycles. The van der Waals surface area contributed by atoms with Crippen LogP contribution in [0.4, 0.5) is 0 Å². The molecular formula is C16H29N3. The summed E-state index contributed by atoms with van der Waals surface area (Å²) in [4.78, 5) is 0. The second kappa shape index (κ2) is 7.09. The van der Waals surface area contributed by atoms with E-state index in [0.717, 1.165) is 24.8 Å². The fraction of sp³-hybridized carbons (Fsp3) is 0.812. The van der Waals surface area contributed by atoms with E-state index in [1.165, 1.54) is 37.9 Å². The summed E-state index contributed by atoms with van der Waals surface area (Å²) in [6.45, 7) is 9.04. The van der Waals surface area contributed by atoms with E-state index < -0.39 is 0 Å². The molecule has 1 N–H and O–H groups in total. The fourth-order valence-corrected chi connectivity index (χ4v) is 2.83. The van der Waals surface area contributed by atoms with E-state index in [9.17, 15) is 0 Å². The number of hydrogen-bond donors (Lipinski definition) is 1. The molecule has 0 spiro atoms. The smallest absolute Gasteiger partial charge is 0.0627 e. The maximum Gasteiger partial charge on any atom is 0.0627 e. The first-order valence-electron chi connectivity index (χ1n) is 7.99. The number of nitrogens with one attached hydrogen (secondary N) is 1. The molecule has 2 rings (SSSR count). The maximum atomic E-state index is 4.73. The molecule has 1 aromatic heterocycles. The molecular weight excluding hydrogens is 234 g/mol. The van der Waals surface area contributed by atoms with E-state index >= 15 is 0 Å². The molecule has 1 saturated carbocycles. The molecule has 1 fully saturated rings. The summed E-state index contributed by atoms with van der Waals surface area (Å²) in [5.41, 5.74) is 1.28. The molecule has 3 atom stereocenters. The predicted molar refractivity (Wildman–Crippen MR) is 80.3 cm³/mol. The highest BCUT2D eigenvalue weighted by molar-refractivity contribution is 5.03. The van der Waals surface area contributed by atoms with Crippen LogP contribution in [0, 0.1) is 11.8 Å². The Labute approximate surface area is 117 Å². The van der Waals surface area contributed by atoms with E-state index in [2.05, 4.69) is 43.0 Å². The summed E-state index contributed by atoms with van der Waals surface area (Å²) in [6.07, 6.45) is 8.47. The molecule has 1 aromatic rings. The first-order valence-corrected chi connectivity index (χ1v) is 7.99. The lowest BCUT2D eigenvalue weighted by molar-refractivity contribution is 0.169. The van der Waals surface area contributed by atoms with Crippen LogP contribution in [0.25, 0.3) is 0 Å². The van der Waals surface area contributed by atoms with Gasteiger partial charge in [0, 0.05) is 12.2 Å². The van der Waals surface area contributed by atoms with Crippen LogP contribution in [-0.2, 0) is 6.42 Å². The monoisotopic (exact) mass is 263 g/mol. The third-order valence-corrected chi connectivity index (χ3v) is 4.59. The molecule has 0 saturated heterocycles. The number of nitrogens with zero attached hydrogens (tertiary/aromatic N) is 2. The molecule has 1 heterocycles. The van der Waals surface area contributed by atoms with Crippen LogP contribution in [0.5, 0.6) is 0 Å². The Morgan fingerprint density at radius 1 is 1.37 bits per heavy atom. The van der Waals surface area contributed by atoms with Gasteiger partial charge in [-0.2, -0.15) is 5.10 Å². The fourth-order valence-electron chi connectivity index (χ4n) is 2.83. The SMILES string of the molecule is CCCNCC1CCC1Cc1ccn(C(C)CC)n1. The Morgan fingerprint density at radius 2 is 2.16 bits per heavy atom. The lowest BCUT2D eigenvalue weighted by Gasteiger charge is -2.36. The Bertz CT molecular complexity index is 372. The highest BCUT2D eigenvalue weighted by Gasteiger charge is 2.30. The average molecular weight is 263 g/mol. The second-order valence-electron chi connectivity index (χ2n) is 6.05. The molecule has 1 aliphatic rings. The van der Waals surface area contributed by atoms with Crippen LogP contribution in [0.2, 0.25) is 0 Å². The van der Waals surface area contributed by atoms with E-state index in [1.807, 2.05) is 0 Å². The van der Waals surface area contributed by atoms with Crippen molar-refractivity contribution < 1.29 is 0 Å². The van der Waals surface area contributed by atoms with Crippen molar-refractivity contribution in [2.75, 3.05) is 13.1 Å². The number of rotatable bonds is 8. The Morgan fingerprint density at radius 3 is 2.79 bits per heavy atom. The van der Waals surface area contributed by atoms with Gasteiger partial charge in [-0.05, 0) is 70.0 Å². The van der Waals surface area contributed by atoms with Gasteiger partial charge in [0.05, 0.1) is 5.69 Å². The highest BCUT2D eigenvalue weighted by Crippen LogP contribution is 2.36. The molecule has 19 heavy (non-hydrogen) atoms. The van der Waals surface area contributed by atoms with Gasteiger partial charge in [0.15, 0.2) is 0 Å². The zero-order valence-electron chi connectivity index (χ0n) is 12.7. The van der Waals surface area contributed by atoms with Crippen molar-refractivity contribution in [3.05, 3.63) is 18.0 Å². The molecule has 0 aliphatic heterocycles. The van der Waals surface area contributed by atoms with Gasteiger partial charge >= 0.3 is 0 Å². The molecule has 0 amide bonds. The topological polar surface area (TPSA) is 29.9 Å². The summed E-state index contributed by atoms with van der Waals surface area (Å²) in [7, 11) is 0. The van der Waals surface area contributed by atoms with Crippen molar-refractivity contribution in [1.82, 2.24) is 15.1 Å². The standard InChI is InChI=1S/C16H29N3/c1-4-9-17-12-15-7-6-14(15)11-16-8-10-19(18-16)13(3)5-2/h8,10,13-15,17H,4-7,9,11-12H2,1-3H3. The highest BCUT2D eigenvalue weighted by atomic mass is 15.3. The summed E-state index contributed by atoms with van der Waals surface area (Å²) in [6, 6.07) is 2.73. The van der Waals surface area contributed by atoms with E-state index in [0.29, 0.717) is 6.04 Å². The Hall–Kier alpha value is -0.830. The van der Waals surface area contributed by atoms with Crippen LogP contribution in [-0.4, -0.2) is 22.9 Å². The van der Waals surface area contributed by atoms with Gasteiger partial charge < -0.3 is 5.32 Å². The predicted octanol–water partition coefficient (Wildman–Crippen LogP) is 3.42. The summed E-state index contributed by atoms with van der Waals surface area (Å²) in [5.74, 6) is 1.73. The molecule has 3 heteroatoms. The van der Waals surface area contributed by atoms with Gasteiger partial charge in [-0.15, -0.1) is 0 Å². The minimum Gasteiger partial charge on any atom is -0.316 e. The van der Waals surface area contributed by atoms with Crippen molar-refractivity contribution in [2.45, 2.75) is 58.9 Å². The third-order valence-electron chi connectivity index (χ3n) is 4.59. The number of hydrogen-bond acceptors (Lipinski definition) is 2. The molecule has 108 valence electrons. The zero-order valence-corrected chi connectivity index (χ0v) is 12.7. The quantitative estimate of drug-likeness (QED) is 0.728. The molecule has 1 aliphatic carbocycles. The van der Waals surface area contributed by atoms with Gasteiger partial charge in [0.25, 0.3) is 0 Å². The first-order chi connectivity index (χ1) is 9.24. The van der Waals surface area contributed by atoms with Crippen LogP contribution in [0.3, 0.4) is 0 Å². The average Bonchev–Trinajstić information content (AvgIpc) is 2.87. The summed E-state index contributed by atoms with van der Waals surface area (Å²) >= 11 is 0. The van der Waals surface area contributed by atoms with Gasteiger partial charge in [-0.3, -0.25) is 4.68 Å². The van der Waals surface area contributed by atoms with Crippen molar-refractivity contribution in [3.8, 4) is 0 Å². The van der Waals surface area contributed by atoms with E-state index in [-0.39, 0.29) is 0 Å². The van der Waals surface area contributed by atoms with Gasteiger partial charge in [0.1, 0.15) is 0 Å². The number of aromatic nitrogens is 2. The normalized spacial score (nSPS) is 24.2. The second-order valence-corrected chi connectivity index (χ2v) is 6.05. The van der Waals surface area contributed by atoms with Crippen LogP contribution >= 0.6 is 0 Å².